The van der Waals surface area contributed by atoms with Crippen LogP contribution in [0, 0.1) is 5.82 Å². The first kappa shape index (κ1) is 10.4. The summed E-state index contributed by atoms with van der Waals surface area (Å²) < 4.78 is 49.1. The number of halogens is 4. The highest BCUT2D eigenvalue weighted by atomic mass is 19.4. The molecule has 0 radical (unpaired) electrons. The number of rotatable bonds is 1. The minimum atomic E-state index is -5.08. The Labute approximate surface area is 74.6 Å². The highest BCUT2D eigenvalue weighted by molar-refractivity contribution is 5.54. The molecule has 7 heteroatoms. The Morgan fingerprint density at radius 2 is 1.93 bits per heavy atom. The summed E-state index contributed by atoms with van der Waals surface area (Å²) in [5.41, 5.74) is -3.30. The molecule has 1 heterocycles. The van der Waals surface area contributed by atoms with Crippen LogP contribution in [0.5, 0.6) is 0 Å². The molecule has 1 aromatic heterocycles. The molecular formula is C7H3F4NO2. The first-order valence-corrected chi connectivity index (χ1v) is 3.31. The molecule has 0 bridgehead atoms. The van der Waals surface area contributed by atoms with Crippen LogP contribution in [0.2, 0.25) is 0 Å². The lowest BCUT2D eigenvalue weighted by molar-refractivity contribution is -0.145. The lowest BCUT2D eigenvalue weighted by atomic mass is 10.3. The molecule has 0 unspecified atom stereocenters. The molecule has 0 fully saturated rings. The molecular weight excluding hydrogens is 206 g/mol. The topological polar surface area (TPSA) is 39.1 Å². The molecule has 0 aromatic carbocycles. The van der Waals surface area contributed by atoms with E-state index in [-0.39, 0.29) is 11.0 Å². The van der Waals surface area contributed by atoms with Crippen molar-refractivity contribution in [2.24, 2.45) is 0 Å². The highest BCUT2D eigenvalue weighted by Crippen LogP contribution is 2.29. The summed E-state index contributed by atoms with van der Waals surface area (Å²) in [6.45, 7) is 0. The maximum atomic E-state index is 12.7. The fraction of sp³-hybridized carbons (Fsp3) is 0.143. The second kappa shape index (κ2) is 3.24. The van der Waals surface area contributed by atoms with E-state index in [1.54, 1.807) is 0 Å². The van der Waals surface area contributed by atoms with Gasteiger partial charge < -0.3 is 0 Å². The van der Waals surface area contributed by atoms with Crippen LogP contribution in [0.25, 0.3) is 0 Å². The van der Waals surface area contributed by atoms with Crippen molar-refractivity contribution in [2.45, 2.75) is 6.18 Å². The van der Waals surface area contributed by atoms with E-state index in [1.165, 1.54) is 0 Å². The predicted molar refractivity (Wildman–Crippen MR) is 37.8 cm³/mol. The Bertz CT molecular complexity index is 421. The van der Waals surface area contributed by atoms with Gasteiger partial charge in [-0.1, -0.05) is 0 Å². The zero-order chi connectivity index (χ0) is 10.9. The van der Waals surface area contributed by atoms with Gasteiger partial charge in [0.15, 0.2) is 11.5 Å². The van der Waals surface area contributed by atoms with Crippen LogP contribution in [0.15, 0.2) is 17.1 Å². The van der Waals surface area contributed by atoms with Gasteiger partial charge in [0.2, 0.25) is 11.8 Å². The SMILES string of the molecule is O=Cn1ccc(=O)c(F)c1C(F)(F)F. The monoisotopic (exact) mass is 209 g/mol. The molecule has 0 atom stereocenters. The van der Waals surface area contributed by atoms with Crippen LogP contribution in [-0.4, -0.2) is 11.0 Å². The molecule has 0 aliphatic heterocycles. The van der Waals surface area contributed by atoms with Gasteiger partial charge in [-0.05, 0) is 0 Å². The molecule has 0 N–H and O–H groups in total. The van der Waals surface area contributed by atoms with Crippen molar-refractivity contribution in [3.05, 3.63) is 34.0 Å². The van der Waals surface area contributed by atoms with Gasteiger partial charge in [-0.3, -0.25) is 14.2 Å². The van der Waals surface area contributed by atoms with Gasteiger partial charge in [0.1, 0.15) is 0 Å². The standard InChI is InChI=1S/C7H3F4NO2/c8-5-4(14)1-2-12(3-13)6(5)7(9,10)11/h1-3H. The van der Waals surface area contributed by atoms with Gasteiger partial charge in [-0.2, -0.15) is 13.2 Å². The fourth-order valence-corrected chi connectivity index (χ4v) is 0.884. The minimum Gasteiger partial charge on any atom is -0.287 e. The quantitative estimate of drug-likeness (QED) is 0.512. The summed E-state index contributed by atoms with van der Waals surface area (Å²) in [7, 11) is 0. The number of hydrogen-bond donors (Lipinski definition) is 0. The number of hydrogen-bond acceptors (Lipinski definition) is 2. The van der Waals surface area contributed by atoms with Crippen molar-refractivity contribution < 1.29 is 22.4 Å². The molecule has 3 nitrogen and oxygen atoms in total. The normalized spacial score (nSPS) is 11.4. The van der Waals surface area contributed by atoms with Crippen LogP contribution in [-0.2, 0) is 11.0 Å². The third kappa shape index (κ3) is 1.66. The van der Waals surface area contributed by atoms with Crippen molar-refractivity contribution in [2.75, 3.05) is 0 Å². The molecule has 0 saturated carbocycles. The van der Waals surface area contributed by atoms with Crippen molar-refractivity contribution in [3.8, 4) is 0 Å². The largest absolute Gasteiger partial charge is 0.434 e. The summed E-state index contributed by atoms with van der Waals surface area (Å²) in [5.74, 6) is -1.98. The lowest BCUT2D eigenvalue weighted by Gasteiger charge is -2.10. The summed E-state index contributed by atoms with van der Waals surface area (Å²) >= 11 is 0. The van der Waals surface area contributed by atoms with Crippen LogP contribution in [0.4, 0.5) is 17.6 Å². The van der Waals surface area contributed by atoms with Crippen LogP contribution < -0.4 is 5.43 Å². The molecule has 0 saturated heterocycles. The van der Waals surface area contributed by atoms with Gasteiger partial charge >= 0.3 is 6.18 Å². The Kier molecular flexibility index (Phi) is 2.41. The number of aromatic nitrogens is 1. The van der Waals surface area contributed by atoms with Crippen LogP contribution >= 0.6 is 0 Å². The first-order valence-electron chi connectivity index (χ1n) is 3.31. The van der Waals surface area contributed by atoms with E-state index in [1.807, 2.05) is 0 Å². The maximum Gasteiger partial charge on any atom is 0.434 e. The smallest absolute Gasteiger partial charge is 0.287 e. The first-order chi connectivity index (χ1) is 6.38. The van der Waals surface area contributed by atoms with Crippen LogP contribution in [0.3, 0.4) is 0 Å². The molecule has 0 aliphatic rings. The molecule has 1 rings (SSSR count). The molecule has 1 aromatic rings. The second-order valence-corrected chi connectivity index (χ2v) is 2.35. The van der Waals surface area contributed by atoms with Gasteiger partial charge in [0, 0.05) is 12.3 Å². The average molecular weight is 209 g/mol. The third-order valence-electron chi connectivity index (χ3n) is 1.45. The zero-order valence-corrected chi connectivity index (χ0v) is 6.51. The number of carbonyl (C=O) groups is 1. The fourth-order valence-electron chi connectivity index (χ4n) is 0.884. The van der Waals surface area contributed by atoms with Gasteiger partial charge in [0.25, 0.3) is 0 Å². The number of carbonyl (C=O) groups excluding carboxylic acids is 1. The number of pyridine rings is 1. The van der Waals surface area contributed by atoms with Gasteiger partial charge in [0.05, 0.1) is 0 Å². The van der Waals surface area contributed by atoms with E-state index in [9.17, 15) is 27.2 Å². The van der Waals surface area contributed by atoms with E-state index in [2.05, 4.69) is 0 Å². The lowest BCUT2D eigenvalue weighted by Crippen LogP contribution is -2.24. The van der Waals surface area contributed by atoms with E-state index >= 15 is 0 Å². The van der Waals surface area contributed by atoms with E-state index in [0.717, 1.165) is 0 Å². The average Bonchev–Trinajstić information content (AvgIpc) is 2.07. The van der Waals surface area contributed by atoms with Gasteiger partial charge in [-0.25, -0.2) is 4.39 Å². The Balaban J connectivity index is 3.60. The summed E-state index contributed by atoms with van der Waals surface area (Å²) in [5, 5.41) is 0. The number of alkyl halides is 3. The second-order valence-electron chi connectivity index (χ2n) is 2.35. The maximum absolute atomic E-state index is 12.7. The Morgan fingerprint density at radius 3 is 2.36 bits per heavy atom. The van der Waals surface area contributed by atoms with Crippen LogP contribution in [0.1, 0.15) is 5.69 Å². The molecule has 0 amide bonds. The van der Waals surface area contributed by atoms with E-state index < -0.39 is 23.1 Å². The number of nitrogens with zero attached hydrogens (tertiary/aromatic N) is 1. The minimum absolute atomic E-state index is 0.0310. The van der Waals surface area contributed by atoms with Crippen molar-refractivity contribution >= 4 is 6.41 Å². The zero-order valence-electron chi connectivity index (χ0n) is 6.51. The molecule has 14 heavy (non-hydrogen) atoms. The summed E-state index contributed by atoms with van der Waals surface area (Å²) in [4.78, 5) is 20.7. The van der Waals surface area contributed by atoms with E-state index in [4.69, 9.17) is 0 Å². The van der Waals surface area contributed by atoms with Crippen molar-refractivity contribution in [1.82, 2.24) is 4.57 Å². The molecule has 0 spiro atoms. The molecule has 76 valence electrons. The van der Waals surface area contributed by atoms with Gasteiger partial charge in [-0.15, -0.1) is 0 Å². The molecule has 0 aliphatic carbocycles. The van der Waals surface area contributed by atoms with Crippen molar-refractivity contribution in [3.63, 3.8) is 0 Å². The van der Waals surface area contributed by atoms with Crippen molar-refractivity contribution in [1.29, 1.82) is 0 Å². The Hall–Kier alpha value is -1.66. The predicted octanol–water partition coefficient (Wildman–Crippen LogP) is 1.04. The summed E-state index contributed by atoms with van der Waals surface area (Å²) in [6.07, 6.45) is -4.75. The summed E-state index contributed by atoms with van der Waals surface area (Å²) in [6, 6.07) is 0.541. The van der Waals surface area contributed by atoms with E-state index in [0.29, 0.717) is 12.3 Å². The third-order valence-corrected chi connectivity index (χ3v) is 1.45. The Morgan fingerprint density at radius 1 is 1.36 bits per heavy atom. The highest BCUT2D eigenvalue weighted by Gasteiger charge is 2.38.